The van der Waals surface area contributed by atoms with Crippen molar-refractivity contribution in [3.63, 3.8) is 0 Å². The summed E-state index contributed by atoms with van der Waals surface area (Å²) in [5, 5.41) is 8.95. The van der Waals surface area contributed by atoms with Gasteiger partial charge in [-0.1, -0.05) is 18.2 Å². The molecule has 1 saturated heterocycles. The van der Waals surface area contributed by atoms with Gasteiger partial charge in [-0.15, -0.1) is 0 Å². The van der Waals surface area contributed by atoms with E-state index in [1.807, 2.05) is 37.3 Å². The monoisotopic (exact) mass is 248 g/mol. The molecule has 1 aromatic carbocycles. The molecular weight excluding hydrogens is 228 g/mol. The predicted octanol–water partition coefficient (Wildman–Crippen LogP) is 0.964. The first-order valence-corrected chi connectivity index (χ1v) is 6.43. The Morgan fingerprint density at radius 1 is 1.39 bits per heavy atom. The molecule has 1 N–H and O–H groups in total. The molecule has 0 aliphatic carbocycles. The summed E-state index contributed by atoms with van der Waals surface area (Å²) in [5.41, 5.74) is 0.948. The lowest BCUT2D eigenvalue weighted by Gasteiger charge is -2.38. The highest BCUT2D eigenvalue weighted by Gasteiger charge is 2.28. The minimum atomic E-state index is 0.125. The Morgan fingerprint density at radius 3 is 2.61 bits per heavy atom. The third-order valence-electron chi connectivity index (χ3n) is 3.34. The molecule has 0 radical (unpaired) electrons. The number of carbonyl (C=O) groups excluding carboxylic acids is 1. The smallest absolute Gasteiger partial charge is 0.241 e. The number of aliphatic hydroxyl groups is 1. The third-order valence-corrected chi connectivity index (χ3v) is 3.34. The van der Waals surface area contributed by atoms with Crippen molar-refractivity contribution in [1.82, 2.24) is 4.90 Å². The van der Waals surface area contributed by atoms with Crippen molar-refractivity contribution < 1.29 is 9.90 Å². The van der Waals surface area contributed by atoms with E-state index in [2.05, 4.69) is 4.90 Å². The molecule has 1 aliphatic heterocycles. The van der Waals surface area contributed by atoms with E-state index in [0.717, 1.165) is 18.8 Å². The Kier molecular flexibility index (Phi) is 4.33. The highest BCUT2D eigenvalue weighted by atomic mass is 16.3. The molecule has 0 spiro atoms. The number of hydrogen-bond acceptors (Lipinski definition) is 3. The molecule has 1 aliphatic rings. The molecule has 1 aromatic rings. The van der Waals surface area contributed by atoms with E-state index in [0.29, 0.717) is 19.0 Å². The van der Waals surface area contributed by atoms with Gasteiger partial charge in [0, 0.05) is 37.8 Å². The van der Waals surface area contributed by atoms with Gasteiger partial charge in [-0.25, -0.2) is 0 Å². The molecule has 0 aromatic heterocycles. The maximum absolute atomic E-state index is 12.2. The van der Waals surface area contributed by atoms with Crippen molar-refractivity contribution in [3.8, 4) is 0 Å². The SMILES string of the molecule is CCN(C(=O)CN1CC(CO)C1)c1ccccc1. The summed E-state index contributed by atoms with van der Waals surface area (Å²) in [4.78, 5) is 16.1. The lowest BCUT2D eigenvalue weighted by molar-refractivity contribution is -0.121. The molecule has 1 amide bonds. The van der Waals surface area contributed by atoms with E-state index in [-0.39, 0.29) is 12.5 Å². The maximum Gasteiger partial charge on any atom is 0.241 e. The van der Waals surface area contributed by atoms with E-state index in [1.165, 1.54) is 0 Å². The molecule has 1 heterocycles. The number of para-hydroxylation sites is 1. The number of carbonyl (C=O) groups is 1. The Balaban J connectivity index is 1.91. The first kappa shape index (κ1) is 13.1. The minimum absolute atomic E-state index is 0.125. The van der Waals surface area contributed by atoms with Crippen LogP contribution in [0.25, 0.3) is 0 Å². The van der Waals surface area contributed by atoms with Gasteiger partial charge in [0.15, 0.2) is 0 Å². The summed E-state index contributed by atoms with van der Waals surface area (Å²) in [5.74, 6) is 0.477. The molecule has 4 nitrogen and oxygen atoms in total. The number of likely N-dealkylation sites (tertiary alicyclic amines) is 1. The zero-order valence-corrected chi connectivity index (χ0v) is 10.7. The van der Waals surface area contributed by atoms with Crippen LogP contribution in [0.15, 0.2) is 30.3 Å². The van der Waals surface area contributed by atoms with Crippen LogP contribution < -0.4 is 4.90 Å². The molecule has 4 heteroatoms. The van der Waals surface area contributed by atoms with E-state index in [1.54, 1.807) is 4.90 Å². The van der Waals surface area contributed by atoms with Crippen molar-refractivity contribution in [2.75, 3.05) is 37.7 Å². The highest BCUT2D eigenvalue weighted by Crippen LogP contribution is 2.17. The molecule has 0 saturated carbocycles. The Labute approximate surface area is 108 Å². The maximum atomic E-state index is 12.2. The van der Waals surface area contributed by atoms with Crippen LogP contribution in [0.4, 0.5) is 5.69 Å². The van der Waals surface area contributed by atoms with Gasteiger partial charge in [0.1, 0.15) is 0 Å². The van der Waals surface area contributed by atoms with Gasteiger partial charge in [0.2, 0.25) is 5.91 Å². The van der Waals surface area contributed by atoms with Gasteiger partial charge in [-0.05, 0) is 19.1 Å². The number of amides is 1. The summed E-state index contributed by atoms with van der Waals surface area (Å²) in [6.45, 7) is 4.99. The molecule has 0 atom stereocenters. The number of anilines is 1. The van der Waals surface area contributed by atoms with Crippen molar-refractivity contribution >= 4 is 11.6 Å². The van der Waals surface area contributed by atoms with Crippen LogP contribution in [-0.2, 0) is 4.79 Å². The normalized spacial score (nSPS) is 16.3. The average molecular weight is 248 g/mol. The molecule has 98 valence electrons. The minimum Gasteiger partial charge on any atom is -0.396 e. The second-order valence-corrected chi connectivity index (χ2v) is 4.72. The molecule has 18 heavy (non-hydrogen) atoms. The van der Waals surface area contributed by atoms with E-state index < -0.39 is 0 Å². The molecule has 1 fully saturated rings. The summed E-state index contributed by atoms with van der Waals surface area (Å²) in [7, 11) is 0. The number of benzene rings is 1. The summed E-state index contributed by atoms with van der Waals surface area (Å²) in [6, 6.07) is 9.73. The third kappa shape index (κ3) is 2.89. The van der Waals surface area contributed by atoms with Crippen molar-refractivity contribution in [1.29, 1.82) is 0 Å². The average Bonchev–Trinajstić information content (AvgIpc) is 2.35. The van der Waals surface area contributed by atoms with E-state index in [9.17, 15) is 4.79 Å². The lowest BCUT2D eigenvalue weighted by Crippen LogP contribution is -2.52. The van der Waals surface area contributed by atoms with Gasteiger partial charge >= 0.3 is 0 Å². The van der Waals surface area contributed by atoms with E-state index >= 15 is 0 Å². The van der Waals surface area contributed by atoms with Crippen molar-refractivity contribution in [2.24, 2.45) is 5.92 Å². The van der Waals surface area contributed by atoms with Crippen LogP contribution in [0.2, 0.25) is 0 Å². The first-order chi connectivity index (χ1) is 8.74. The van der Waals surface area contributed by atoms with Gasteiger partial charge < -0.3 is 10.0 Å². The largest absolute Gasteiger partial charge is 0.396 e. The Morgan fingerprint density at radius 2 is 2.06 bits per heavy atom. The van der Waals surface area contributed by atoms with Crippen LogP contribution in [-0.4, -0.2) is 48.7 Å². The number of aliphatic hydroxyl groups excluding tert-OH is 1. The number of nitrogens with zero attached hydrogens (tertiary/aromatic N) is 2. The molecule has 0 bridgehead atoms. The fraction of sp³-hybridized carbons (Fsp3) is 0.500. The van der Waals surface area contributed by atoms with Crippen LogP contribution in [0.5, 0.6) is 0 Å². The Hall–Kier alpha value is -1.39. The summed E-state index contributed by atoms with van der Waals surface area (Å²) >= 11 is 0. The number of likely N-dealkylation sites (N-methyl/N-ethyl adjacent to an activating group) is 1. The predicted molar refractivity (Wildman–Crippen MR) is 71.5 cm³/mol. The topological polar surface area (TPSA) is 43.8 Å². The number of hydrogen-bond donors (Lipinski definition) is 1. The van der Waals surface area contributed by atoms with Gasteiger partial charge in [-0.2, -0.15) is 0 Å². The fourth-order valence-electron chi connectivity index (χ4n) is 2.31. The highest BCUT2D eigenvalue weighted by molar-refractivity contribution is 5.94. The van der Waals surface area contributed by atoms with Gasteiger partial charge in [0.05, 0.1) is 6.54 Å². The van der Waals surface area contributed by atoms with Crippen molar-refractivity contribution in [2.45, 2.75) is 6.92 Å². The molecular formula is C14H20N2O2. The van der Waals surface area contributed by atoms with Gasteiger partial charge in [-0.3, -0.25) is 9.69 Å². The lowest BCUT2D eigenvalue weighted by atomic mass is 10.0. The fourth-order valence-corrected chi connectivity index (χ4v) is 2.31. The zero-order chi connectivity index (χ0) is 13.0. The second-order valence-electron chi connectivity index (χ2n) is 4.72. The van der Waals surface area contributed by atoms with Gasteiger partial charge in [0.25, 0.3) is 0 Å². The first-order valence-electron chi connectivity index (χ1n) is 6.43. The van der Waals surface area contributed by atoms with Crippen LogP contribution >= 0.6 is 0 Å². The Bertz CT molecular complexity index is 388. The summed E-state index contributed by atoms with van der Waals surface area (Å²) in [6.07, 6.45) is 0. The molecule has 0 unspecified atom stereocenters. The van der Waals surface area contributed by atoms with E-state index in [4.69, 9.17) is 5.11 Å². The number of rotatable bonds is 5. The van der Waals surface area contributed by atoms with Crippen LogP contribution in [0.1, 0.15) is 6.92 Å². The molecule has 2 rings (SSSR count). The standard InChI is InChI=1S/C14H20N2O2/c1-2-16(13-6-4-3-5-7-13)14(18)10-15-8-12(9-15)11-17/h3-7,12,17H,2,8-11H2,1H3. The van der Waals surface area contributed by atoms with Crippen LogP contribution in [0, 0.1) is 5.92 Å². The van der Waals surface area contributed by atoms with Crippen molar-refractivity contribution in [3.05, 3.63) is 30.3 Å². The van der Waals surface area contributed by atoms with Crippen LogP contribution in [0.3, 0.4) is 0 Å². The second kappa shape index (κ2) is 5.98. The summed E-state index contributed by atoms with van der Waals surface area (Å²) < 4.78 is 0. The quantitative estimate of drug-likeness (QED) is 0.844. The zero-order valence-electron chi connectivity index (χ0n) is 10.7.